The number of aliphatic hydroxyl groups is 1. The van der Waals surface area contributed by atoms with E-state index >= 15 is 0 Å². The second-order valence-electron chi connectivity index (χ2n) is 4.84. The molecule has 2 aromatic rings. The minimum atomic E-state index is -0.434. The van der Waals surface area contributed by atoms with Crippen molar-refractivity contribution in [3.63, 3.8) is 0 Å². The minimum absolute atomic E-state index is 0.00237. The summed E-state index contributed by atoms with van der Waals surface area (Å²) in [4.78, 5) is 11.6. The topological polar surface area (TPSA) is 46.5 Å². The summed E-state index contributed by atoms with van der Waals surface area (Å²) >= 11 is 0. The van der Waals surface area contributed by atoms with E-state index in [1.807, 2.05) is 12.1 Å². The van der Waals surface area contributed by atoms with Crippen molar-refractivity contribution in [3.8, 4) is 11.5 Å². The van der Waals surface area contributed by atoms with Crippen molar-refractivity contribution in [1.29, 1.82) is 0 Å². The monoisotopic (exact) mass is 288 g/mol. The van der Waals surface area contributed by atoms with E-state index in [0.29, 0.717) is 23.5 Å². The van der Waals surface area contributed by atoms with Crippen LogP contribution in [0.2, 0.25) is 0 Å². The molecule has 2 aromatic carbocycles. The second-order valence-corrected chi connectivity index (χ2v) is 4.84. The van der Waals surface area contributed by atoms with Crippen molar-refractivity contribution in [1.82, 2.24) is 0 Å². The van der Waals surface area contributed by atoms with Gasteiger partial charge in [-0.2, -0.15) is 0 Å². The molecule has 0 spiro atoms. The number of ether oxygens (including phenoxy) is 1. The van der Waals surface area contributed by atoms with Crippen LogP contribution in [0.25, 0.3) is 0 Å². The van der Waals surface area contributed by atoms with Gasteiger partial charge in [-0.15, -0.1) is 0 Å². The number of hydrogen-bond donors (Lipinski definition) is 1. The molecule has 0 amide bonds. The van der Waals surface area contributed by atoms with E-state index < -0.39 is 5.82 Å². The normalized spacial score (nSPS) is 10.5. The van der Waals surface area contributed by atoms with Crippen molar-refractivity contribution in [2.75, 3.05) is 6.61 Å². The van der Waals surface area contributed by atoms with Gasteiger partial charge in [0.2, 0.25) is 0 Å². The van der Waals surface area contributed by atoms with Crippen LogP contribution in [0.15, 0.2) is 36.4 Å². The van der Waals surface area contributed by atoms with Gasteiger partial charge in [-0.05, 0) is 49.6 Å². The van der Waals surface area contributed by atoms with Gasteiger partial charge in [0.05, 0.1) is 5.56 Å². The summed E-state index contributed by atoms with van der Waals surface area (Å²) < 4.78 is 19.4. The molecule has 110 valence electrons. The highest BCUT2D eigenvalue weighted by Crippen LogP contribution is 2.30. The summed E-state index contributed by atoms with van der Waals surface area (Å²) in [5.41, 5.74) is 1.45. The predicted octanol–water partition coefficient (Wildman–Crippen LogP) is 3.66. The first-order chi connectivity index (χ1) is 10.0. The zero-order chi connectivity index (χ0) is 15.4. The summed E-state index contributed by atoms with van der Waals surface area (Å²) in [7, 11) is 0. The highest BCUT2D eigenvalue weighted by atomic mass is 19.1. The Labute approximate surface area is 123 Å². The summed E-state index contributed by atoms with van der Waals surface area (Å²) in [5.74, 6) is 0.187. The van der Waals surface area contributed by atoms with E-state index in [1.165, 1.54) is 19.1 Å². The van der Waals surface area contributed by atoms with Crippen LogP contribution in [0.4, 0.5) is 4.39 Å². The molecule has 0 aromatic heterocycles. The van der Waals surface area contributed by atoms with Crippen LogP contribution in [-0.4, -0.2) is 17.5 Å². The average Bonchev–Trinajstić information content (AvgIpc) is 2.44. The third-order valence-electron chi connectivity index (χ3n) is 3.21. The molecule has 0 aliphatic rings. The molecule has 0 bridgehead atoms. The predicted molar refractivity (Wildman–Crippen MR) is 78.4 cm³/mol. The fourth-order valence-electron chi connectivity index (χ4n) is 2.06. The first-order valence-electron chi connectivity index (χ1n) is 6.70. The van der Waals surface area contributed by atoms with Gasteiger partial charge >= 0.3 is 0 Å². The summed E-state index contributed by atoms with van der Waals surface area (Å²) in [6.45, 7) is 2.99. The summed E-state index contributed by atoms with van der Waals surface area (Å²) in [5, 5.41) is 9.07. The maximum atomic E-state index is 13.6. The van der Waals surface area contributed by atoms with E-state index in [0.717, 1.165) is 5.56 Å². The number of para-hydroxylation sites is 1. The molecule has 0 fully saturated rings. The third-order valence-corrected chi connectivity index (χ3v) is 3.21. The van der Waals surface area contributed by atoms with E-state index in [9.17, 15) is 9.18 Å². The van der Waals surface area contributed by atoms with Crippen molar-refractivity contribution in [3.05, 3.63) is 58.9 Å². The largest absolute Gasteiger partial charge is 0.456 e. The molecule has 2 rings (SSSR count). The van der Waals surface area contributed by atoms with Crippen LogP contribution < -0.4 is 4.74 Å². The lowest BCUT2D eigenvalue weighted by Crippen LogP contribution is -2.01. The van der Waals surface area contributed by atoms with Crippen LogP contribution in [0.1, 0.15) is 28.4 Å². The highest BCUT2D eigenvalue weighted by Gasteiger charge is 2.14. The zero-order valence-electron chi connectivity index (χ0n) is 12.0. The molecule has 0 unspecified atom stereocenters. The van der Waals surface area contributed by atoms with Gasteiger partial charge in [-0.25, -0.2) is 4.39 Å². The molecule has 0 atom stereocenters. The average molecular weight is 288 g/mol. The Bertz CT molecular complexity index is 665. The Morgan fingerprint density at radius 3 is 2.62 bits per heavy atom. The molecule has 0 aliphatic carbocycles. The van der Waals surface area contributed by atoms with E-state index in [4.69, 9.17) is 9.84 Å². The molecule has 4 heteroatoms. The van der Waals surface area contributed by atoms with Crippen LogP contribution in [-0.2, 0) is 6.42 Å². The van der Waals surface area contributed by atoms with Gasteiger partial charge < -0.3 is 9.84 Å². The number of halogens is 1. The van der Waals surface area contributed by atoms with Crippen molar-refractivity contribution in [2.24, 2.45) is 0 Å². The zero-order valence-corrected chi connectivity index (χ0v) is 12.0. The van der Waals surface area contributed by atoms with Gasteiger partial charge in [0.25, 0.3) is 0 Å². The first kappa shape index (κ1) is 15.2. The molecule has 0 radical (unpaired) electrons. The lowest BCUT2D eigenvalue weighted by atomic mass is 10.1. The lowest BCUT2D eigenvalue weighted by molar-refractivity contribution is 0.101. The third kappa shape index (κ3) is 3.47. The number of carbonyl (C=O) groups excluding carboxylic acids is 1. The number of rotatable bonds is 5. The van der Waals surface area contributed by atoms with Gasteiger partial charge in [-0.1, -0.05) is 18.2 Å². The van der Waals surface area contributed by atoms with Gasteiger partial charge in [0.15, 0.2) is 5.78 Å². The van der Waals surface area contributed by atoms with Crippen LogP contribution in [0.5, 0.6) is 11.5 Å². The molecular formula is C17H17FO3. The van der Waals surface area contributed by atoms with E-state index in [1.54, 1.807) is 19.1 Å². The van der Waals surface area contributed by atoms with Crippen molar-refractivity contribution < 1.29 is 19.0 Å². The van der Waals surface area contributed by atoms with Crippen LogP contribution >= 0.6 is 0 Å². The maximum absolute atomic E-state index is 13.6. The Kier molecular flexibility index (Phi) is 4.70. The van der Waals surface area contributed by atoms with E-state index in [2.05, 4.69) is 0 Å². The van der Waals surface area contributed by atoms with E-state index in [-0.39, 0.29) is 18.0 Å². The lowest BCUT2D eigenvalue weighted by Gasteiger charge is -2.14. The Morgan fingerprint density at radius 1 is 1.24 bits per heavy atom. The van der Waals surface area contributed by atoms with Crippen LogP contribution in [0.3, 0.4) is 0 Å². The molecule has 0 saturated heterocycles. The number of aryl methyl sites for hydroxylation is 1. The standard InChI is InChI=1S/C17H17FO3/c1-11-9-17(14(12(2)20)10-15(11)18)21-16-6-4-3-5-13(16)7-8-19/h3-6,9-10,19H,7-8H2,1-2H3. The second kappa shape index (κ2) is 6.50. The molecule has 0 saturated carbocycles. The highest BCUT2D eigenvalue weighted by molar-refractivity contribution is 5.97. The molecular weight excluding hydrogens is 271 g/mol. The molecule has 1 N–H and O–H groups in total. The van der Waals surface area contributed by atoms with Gasteiger partial charge in [-0.3, -0.25) is 4.79 Å². The Hall–Kier alpha value is -2.20. The molecule has 0 aliphatic heterocycles. The van der Waals surface area contributed by atoms with Gasteiger partial charge in [0.1, 0.15) is 17.3 Å². The molecule has 0 heterocycles. The molecule has 3 nitrogen and oxygen atoms in total. The summed E-state index contributed by atoms with van der Waals surface area (Å²) in [6.07, 6.45) is 0.450. The number of hydrogen-bond acceptors (Lipinski definition) is 3. The van der Waals surface area contributed by atoms with Gasteiger partial charge in [0, 0.05) is 6.61 Å². The number of benzene rings is 2. The molecule has 21 heavy (non-hydrogen) atoms. The Morgan fingerprint density at radius 2 is 1.95 bits per heavy atom. The SMILES string of the molecule is CC(=O)c1cc(F)c(C)cc1Oc1ccccc1CCO. The fraction of sp³-hybridized carbons (Fsp3) is 0.235. The first-order valence-corrected chi connectivity index (χ1v) is 6.70. The number of Topliss-reactive ketones (excluding diaryl/α,β-unsaturated/α-hetero) is 1. The summed E-state index contributed by atoms with van der Waals surface area (Å²) in [6, 6.07) is 9.96. The number of ketones is 1. The number of carbonyl (C=O) groups is 1. The van der Waals surface area contributed by atoms with Crippen molar-refractivity contribution in [2.45, 2.75) is 20.3 Å². The fourth-order valence-corrected chi connectivity index (χ4v) is 2.06. The van der Waals surface area contributed by atoms with Crippen molar-refractivity contribution >= 4 is 5.78 Å². The maximum Gasteiger partial charge on any atom is 0.163 e. The van der Waals surface area contributed by atoms with Crippen LogP contribution in [0, 0.1) is 12.7 Å². The Balaban J connectivity index is 2.44. The smallest absolute Gasteiger partial charge is 0.163 e. The number of aliphatic hydroxyl groups excluding tert-OH is 1. The quantitative estimate of drug-likeness (QED) is 0.854. The minimum Gasteiger partial charge on any atom is -0.456 e.